The summed E-state index contributed by atoms with van der Waals surface area (Å²) in [4.78, 5) is 2.30. The predicted molar refractivity (Wildman–Crippen MR) is 60.8 cm³/mol. The number of hydrogen-bond acceptors (Lipinski definition) is 3. The molecule has 4 heteroatoms. The van der Waals surface area contributed by atoms with Gasteiger partial charge in [0.05, 0.1) is 12.7 Å². The molecule has 0 saturated carbocycles. The Morgan fingerprint density at radius 1 is 1.13 bits per heavy atom. The third kappa shape index (κ3) is 3.14. The van der Waals surface area contributed by atoms with Gasteiger partial charge in [-0.05, 0) is 40.5 Å². The van der Waals surface area contributed by atoms with Crippen molar-refractivity contribution in [1.82, 2.24) is 4.90 Å². The van der Waals surface area contributed by atoms with Gasteiger partial charge in [0, 0.05) is 17.6 Å². The second kappa shape index (κ2) is 4.78. The van der Waals surface area contributed by atoms with Crippen molar-refractivity contribution in [1.29, 1.82) is 0 Å². The second-order valence-electron chi connectivity index (χ2n) is 5.56. The minimum atomic E-state index is -0.213. The lowest BCUT2D eigenvalue weighted by molar-refractivity contribution is -0.0858. The summed E-state index contributed by atoms with van der Waals surface area (Å²) in [7, 11) is 0. The molecule has 1 aliphatic rings. The number of piperidine rings is 1. The van der Waals surface area contributed by atoms with E-state index in [1.165, 1.54) is 0 Å². The first kappa shape index (κ1) is 14.8. The highest BCUT2D eigenvalue weighted by molar-refractivity contribution is 4.99. The van der Waals surface area contributed by atoms with Crippen molar-refractivity contribution in [2.45, 2.75) is 57.7 Å². The first-order chi connectivity index (χ1) is 6.29. The van der Waals surface area contributed by atoms with E-state index in [2.05, 4.69) is 32.6 Å². The van der Waals surface area contributed by atoms with Crippen molar-refractivity contribution < 1.29 is 15.7 Å². The highest BCUT2D eigenvalue weighted by atomic mass is 16.3. The fourth-order valence-corrected chi connectivity index (χ4v) is 2.97. The lowest BCUT2D eigenvalue weighted by Gasteiger charge is -2.54. The molecule has 0 unspecified atom stereocenters. The Kier molecular flexibility index (Phi) is 4.73. The molecule has 4 N–H and O–H groups in total. The SMILES string of the molecule is CC1(C)CC(O)CC(C)(C)N1CCO.O. The lowest BCUT2D eigenvalue weighted by atomic mass is 9.78. The van der Waals surface area contributed by atoms with E-state index in [4.69, 9.17) is 5.11 Å². The topological polar surface area (TPSA) is 75.2 Å². The van der Waals surface area contributed by atoms with E-state index in [1.807, 2.05) is 0 Å². The lowest BCUT2D eigenvalue weighted by Crippen LogP contribution is -2.62. The van der Waals surface area contributed by atoms with E-state index in [-0.39, 0.29) is 29.3 Å². The van der Waals surface area contributed by atoms with Crippen LogP contribution in [-0.4, -0.2) is 50.9 Å². The van der Waals surface area contributed by atoms with Crippen molar-refractivity contribution in [2.24, 2.45) is 0 Å². The van der Waals surface area contributed by atoms with Gasteiger partial charge in [-0.15, -0.1) is 0 Å². The van der Waals surface area contributed by atoms with Gasteiger partial charge in [0.1, 0.15) is 0 Å². The molecular weight excluding hydrogens is 194 g/mol. The summed E-state index contributed by atoms with van der Waals surface area (Å²) in [6.07, 6.45) is 1.36. The van der Waals surface area contributed by atoms with Crippen LogP contribution in [0.25, 0.3) is 0 Å². The molecule has 1 saturated heterocycles. The van der Waals surface area contributed by atoms with Crippen molar-refractivity contribution in [2.75, 3.05) is 13.2 Å². The average Bonchev–Trinajstić information content (AvgIpc) is 1.94. The highest BCUT2D eigenvalue weighted by Gasteiger charge is 2.44. The van der Waals surface area contributed by atoms with E-state index < -0.39 is 0 Å². The Morgan fingerprint density at radius 3 is 1.87 bits per heavy atom. The van der Waals surface area contributed by atoms with Gasteiger partial charge in [-0.2, -0.15) is 0 Å². The minimum absolute atomic E-state index is 0. The van der Waals surface area contributed by atoms with Crippen LogP contribution in [0.5, 0.6) is 0 Å². The fraction of sp³-hybridized carbons (Fsp3) is 1.00. The smallest absolute Gasteiger partial charge is 0.0575 e. The van der Waals surface area contributed by atoms with Gasteiger partial charge in [-0.25, -0.2) is 0 Å². The zero-order chi connectivity index (χ0) is 11.0. The molecule has 0 aliphatic carbocycles. The van der Waals surface area contributed by atoms with Crippen molar-refractivity contribution in [3.63, 3.8) is 0 Å². The molecular formula is C11H25NO3. The van der Waals surface area contributed by atoms with Crippen LogP contribution in [0.4, 0.5) is 0 Å². The van der Waals surface area contributed by atoms with Gasteiger partial charge >= 0.3 is 0 Å². The second-order valence-corrected chi connectivity index (χ2v) is 5.56. The standard InChI is InChI=1S/C11H23NO2.H2O/c1-10(2)7-9(14)8-11(3,4)12(10)5-6-13;/h9,13-14H,5-8H2,1-4H3;1H2. The van der Waals surface area contributed by atoms with E-state index in [1.54, 1.807) is 0 Å². The van der Waals surface area contributed by atoms with E-state index in [9.17, 15) is 5.11 Å². The maximum absolute atomic E-state index is 9.78. The zero-order valence-electron chi connectivity index (χ0n) is 10.2. The van der Waals surface area contributed by atoms with E-state index >= 15 is 0 Å². The van der Waals surface area contributed by atoms with Crippen LogP contribution in [0.2, 0.25) is 0 Å². The summed E-state index contributed by atoms with van der Waals surface area (Å²) in [5.41, 5.74) is -0.0478. The molecule has 92 valence electrons. The van der Waals surface area contributed by atoms with Gasteiger partial charge in [0.15, 0.2) is 0 Å². The molecule has 1 heterocycles. The van der Waals surface area contributed by atoms with Crippen LogP contribution in [0.15, 0.2) is 0 Å². The molecule has 0 amide bonds. The van der Waals surface area contributed by atoms with Crippen molar-refractivity contribution >= 4 is 0 Å². The fourth-order valence-electron chi connectivity index (χ4n) is 2.97. The van der Waals surface area contributed by atoms with Gasteiger partial charge in [-0.1, -0.05) is 0 Å². The third-order valence-electron chi connectivity index (χ3n) is 3.26. The Hall–Kier alpha value is -0.160. The van der Waals surface area contributed by atoms with Gasteiger partial charge in [0.25, 0.3) is 0 Å². The molecule has 0 aromatic rings. The summed E-state index contributed by atoms with van der Waals surface area (Å²) >= 11 is 0. The monoisotopic (exact) mass is 219 g/mol. The minimum Gasteiger partial charge on any atom is -0.412 e. The predicted octanol–water partition coefficient (Wildman–Crippen LogP) is 0.168. The van der Waals surface area contributed by atoms with Crippen LogP contribution in [0, 0.1) is 0 Å². The largest absolute Gasteiger partial charge is 0.412 e. The number of rotatable bonds is 2. The molecule has 0 aromatic heterocycles. The molecule has 0 atom stereocenters. The third-order valence-corrected chi connectivity index (χ3v) is 3.26. The Balaban J connectivity index is 0.00000196. The molecule has 1 rings (SSSR count). The Labute approximate surface area is 92.2 Å². The first-order valence-electron chi connectivity index (χ1n) is 5.36. The molecule has 1 fully saturated rings. The van der Waals surface area contributed by atoms with E-state index in [0.717, 1.165) is 12.8 Å². The Bertz CT molecular complexity index is 186. The van der Waals surface area contributed by atoms with Crippen molar-refractivity contribution in [3.8, 4) is 0 Å². The molecule has 0 bridgehead atoms. The summed E-state index contributed by atoms with van der Waals surface area (Å²) in [5, 5.41) is 18.8. The number of aliphatic hydroxyl groups excluding tert-OH is 2. The number of hydrogen-bond donors (Lipinski definition) is 2. The summed E-state index contributed by atoms with van der Waals surface area (Å²) in [6, 6.07) is 0. The number of likely N-dealkylation sites (tertiary alicyclic amines) is 1. The number of β-amino-alcohol motifs (C(OH)–C–C–N with tert-alkyl or cyclic N) is 1. The van der Waals surface area contributed by atoms with E-state index in [0.29, 0.717) is 6.54 Å². The quantitative estimate of drug-likeness (QED) is 0.695. The normalized spacial score (nSPS) is 26.0. The molecule has 0 spiro atoms. The number of aliphatic hydroxyl groups is 2. The zero-order valence-corrected chi connectivity index (χ0v) is 10.2. The molecule has 0 aromatic carbocycles. The van der Waals surface area contributed by atoms with Crippen LogP contribution in [-0.2, 0) is 0 Å². The maximum Gasteiger partial charge on any atom is 0.0575 e. The number of nitrogens with zero attached hydrogens (tertiary/aromatic N) is 1. The van der Waals surface area contributed by atoms with Crippen LogP contribution >= 0.6 is 0 Å². The van der Waals surface area contributed by atoms with Crippen LogP contribution in [0.1, 0.15) is 40.5 Å². The Morgan fingerprint density at radius 2 is 1.53 bits per heavy atom. The van der Waals surface area contributed by atoms with Crippen molar-refractivity contribution in [3.05, 3.63) is 0 Å². The summed E-state index contributed by atoms with van der Waals surface area (Å²) < 4.78 is 0. The van der Waals surface area contributed by atoms with Gasteiger partial charge in [0.2, 0.25) is 0 Å². The van der Waals surface area contributed by atoms with Gasteiger partial charge in [-0.3, -0.25) is 4.90 Å². The highest BCUT2D eigenvalue weighted by Crippen LogP contribution is 2.37. The molecule has 15 heavy (non-hydrogen) atoms. The summed E-state index contributed by atoms with van der Waals surface area (Å²) in [5.74, 6) is 0. The first-order valence-corrected chi connectivity index (χ1v) is 5.36. The molecule has 0 radical (unpaired) electrons. The van der Waals surface area contributed by atoms with Gasteiger partial charge < -0.3 is 15.7 Å². The molecule has 1 aliphatic heterocycles. The van der Waals surface area contributed by atoms with Crippen LogP contribution in [0.3, 0.4) is 0 Å². The summed E-state index contributed by atoms with van der Waals surface area (Å²) in [6.45, 7) is 9.40. The average molecular weight is 219 g/mol. The maximum atomic E-state index is 9.78. The molecule has 4 nitrogen and oxygen atoms in total. The van der Waals surface area contributed by atoms with Crippen LogP contribution < -0.4 is 0 Å².